The van der Waals surface area contributed by atoms with Crippen molar-refractivity contribution in [2.24, 2.45) is 5.73 Å². The molecule has 5 N–H and O–H groups in total. The van der Waals surface area contributed by atoms with Crippen molar-refractivity contribution >= 4 is 0 Å². The fourth-order valence-electron chi connectivity index (χ4n) is 1.13. The first-order valence-electron chi connectivity index (χ1n) is 3.18. The van der Waals surface area contributed by atoms with Crippen molar-refractivity contribution in [3.05, 3.63) is 0 Å². The quantitative estimate of drug-likeness (QED) is 0.337. The Balaban J connectivity index is 2.55. The van der Waals surface area contributed by atoms with Crippen LogP contribution in [0.25, 0.3) is 0 Å². The summed E-state index contributed by atoms with van der Waals surface area (Å²) in [4.78, 5) is 0. The second-order valence-corrected chi connectivity index (χ2v) is 2.48. The van der Waals surface area contributed by atoms with E-state index in [1.165, 1.54) is 0 Å². The van der Waals surface area contributed by atoms with E-state index in [1.807, 2.05) is 0 Å². The van der Waals surface area contributed by atoms with Crippen LogP contribution in [0.2, 0.25) is 0 Å². The van der Waals surface area contributed by atoms with Gasteiger partial charge in [0.25, 0.3) is 0 Å². The van der Waals surface area contributed by atoms with E-state index in [-0.39, 0.29) is 13.1 Å². The van der Waals surface area contributed by atoms with E-state index in [9.17, 15) is 0 Å². The molecule has 0 unspecified atom stereocenters. The maximum absolute atomic E-state index is 9.10. The molecule has 1 fully saturated rings. The lowest BCUT2D eigenvalue weighted by Gasteiger charge is -2.17. The fourth-order valence-corrected chi connectivity index (χ4v) is 1.13. The summed E-state index contributed by atoms with van der Waals surface area (Å²) >= 11 is 0. The molecule has 5 heteroatoms. The van der Waals surface area contributed by atoms with Crippen LogP contribution in [0, 0.1) is 0 Å². The predicted molar refractivity (Wildman–Crippen MR) is 33.3 cm³/mol. The summed E-state index contributed by atoms with van der Waals surface area (Å²) in [7, 11) is 0. The molecule has 0 aromatic carbocycles. The van der Waals surface area contributed by atoms with Crippen LogP contribution in [0.15, 0.2) is 0 Å². The lowest BCUT2D eigenvalue weighted by Crippen LogP contribution is -2.40. The Labute approximate surface area is 58.6 Å². The summed E-state index contributed by atoms with van der Waals surface area (Å²) in [5, 5.41) is 27.9. The van der Waals surface area contributed by atoms with Crippen molar-refractivity contribution in [1.29, 1.82) is 0 Å². The Morgan fingerprint density at radius 3 is 2.30 bits per heavy atom. The third kappa shape index (κ3) is 1.14. The molecular formula is C5H12N2O3. The number of hydrogen-bond acceptors (Lipinski definition) is 5. The van der Waals surface area contributed by atoms with Gasteiger partial charge < -0.3 is 21.2 Å². The van der Waals surface area contributed by atoms with Gasteiger partial charge >= 0.3 is 0 Å². The van der Waals surface area contributed by atoms with Gasteiger partial charge in [-0.1, -0.05) is 0 Å². The van der Waals surface area contributed by atoms with Crippen molar-refractivity contribution in [3.63, 3.8) is 0 Å². The van der Waals surface area contributed by atoms with Gasteiger partial charge in [-0.3, -0.25) is 0 Å². The highest BCUT2D eigenvalue weighted by atomic mass is 16.5. The summed E-state index contributed by atoms with van der Waals surface area (Å²) in [6, 6.07) is -0.519. The van der Waals surface area contributed by atoms with Gasteiger partial charge in [0.05, 0.1) is 18.7 Å². The first-order valence-corrected chi connectivity index (χ1v) is 3.18. The molecule has 5 nitrogen and oxygen atoms in total. The molecule has 60 valence electrons. The zero-order valence-corrected chi connectivity index (χ0v) is 5.51. The molecule has 0 spiro atoms. The van der Waals surface area contributed by atoms with Crippen LogP contribution in [-0.2, 0) is 0 Å². The Morgan fingerprint density at radius 1 is 1.50 bits per heavy atom. The summed E-state index contributed by atoms with van der Waals surface area (Å²) in [5.74, 6) is 0. The Hall–Kier alpha value is -0.200. The maximum Gasteiger partial charge on any atom is 0.100 e. The molecule has 1 rings (SSSR count). The van der Waals surface area contributed by atoms with Crippen LogP contribution >= 0.6 is 0 Å². The molecule has 0 radical (unpaired) electrons. The minimum atomic E-state index is -0.921. The molecule has 0 bridgehead atoms. The average molecular weight is 148 g/mol. The number of β-amino-alcohol motifs (C(OH)–C–C–N with tert-alkyl or cyclic N) is 1. The zero-order valence-electron chi connectivity index (χ0n) is 5.51. The normalized spacial score (nSPS) is 42.6. The predicted octanol–water partition coefficient (Wildman–Crippen LogP) is -2.26. The lowest BCUT2D eigenvalue weighted by atomic mass is 10.1. The van der Waals surface area contributed by atoms with Gasteiger partial charge in [-0.2, -0.15) is 5.06 Å². The number of hydrogen-bond donors (Lipinski definition) is 4. The summed E-state index contributed by atoms with van der Waals surface area (Å²) in [6.45, 7) is 0.220. The van der Waals surface area contributed by atoms with Gasteiger partial charge in [-0.05, 0) is 0 Å². The van der Waals surface area contributed by atoms with Crippen molar-refractivity contribution in [3.8, 4) is 0 Å². The number of rotatable bonds is 1. The Kier molecular flexibility index (Phi) is 2.22. The molecule has 0 amide bonds. The molecule has 0 aromatic rings. The Morgan fingerprint density at radius 2 is 2.10 bits per heavy atom. The van der Waals surface area contributed by atoms with Crippen molar-refractivity contribution in [1.82, 2.24) is 5.06 Å². The minimum absolute atomic E-state index is 0.0725. The summed E-state index contributed by atoms with van der Waals surface area (Å²) in [5.41, 5.74) is 5.20. The summed E-state index contributed by atoms with van der Waals surface area (Å²) < 4.78 is 0. The molecule has 1 heterocycles. The van der Waals surface area contributed by atoms with Gasteiger partial charge in [0.1, 0.15) is 6.10 Å². The van der Waals surface area contributed by atoms with Gasteiger partial charge in [-0.25, -0.2) is 0 Å². The van der Waals surface area contributed by atoms with E-state index < -0.39 is 18.2 Å². The number of nitrogens with two attached hydrogens (primary N) is 1. The van der Waals surface area contributed by atoms with E-state index in [0.29, 0.717) is 0 Å². The standard InChI is InChI=1S/C5H12N2O3/c6-1-3-5(9)4(8)2-7(3)10/h3-5,8-10H,1-2,6H2/t3-,4+,5-/m0/s1. The Bertz CT molecular complexity index is 121. The third-order valence-corrected chi connectivity index (χ3v) is 1.79. The van der Waals surface area contributed by atoms with Crippen molar-refractivity contribution in [2.75, 3.05) is 13.1 Å². The van der Waals surface area contributed by atoms with Gasteiger partial charge in [0.15, 0.2) is 0 Å². The van der Waals surface area contributed by atoms with Crippen LogP contribution in [0.1, 0.15) is 0 Å². The van der Waals surface area contributed by atoms with Gasteiger partial charge in [0, 0.05) is 6.54 Å². The first-order chi connectivity index (χ1) is 4.66. The molecule has 1 aliphatic rings. The molecule has 1 aliphatic heterocycles. The molecule has 1 saturated heterocycles. The highest BCUT2D eigenvalue weighted by Crippen LogP contribution is 2.14. The van der Waals surface area contributed by atoms with E-state index in [1.54, 1.807) is 0 Å². The van der Waals surface area contributed by atoms with Gasteiger partial charge in [-0.15, -0.1) is 0 Å². The molecule has 10 heavy (non-hydrogen) atoms. The van der Waals surface area contributed by atoms with Crippen LogP contribution in [0.3, 0.4) is 0 Å². The van der Waals surface area contributed by atoms with Crippen LogP contribution in [0.5, 0.6) is 0 Å². The minimum Gasteiger partial charge on any atom is -0.389 e. The first kappa shape index (κ1) is 7.90. The second-order valence-electron chi connectivity index (χ2n) is 2.48. The highest BCUT2D eigenvalue weighted by molar-refractivity contribution is 4.89. The number of nitrogens with zero attached hydrogens (tertiary/aromatic N) is 1. The van der Waals surface area contributed by atoms with Crippen LogP contribution in [-0.4, -0.2) is 51.8 Å². The van der Waals surface area contributed by atoms with Crippen LogP contribution < -0.4 is 5.73 Å². The second kappa shape index (κ2) is 2.81. The van der Waals surface area contributed by atoms with E-state index in [0.717, 1.165) is 5.06 Å². The topological polar surface area (TPSA) is 90.0 Å². The third-order valence-electron chi connectivity index (χ3n) is 1.79. The summed E-state index contributed by atoms with van der Waals surface area (Å²) in [6.07, 6.45) is -1.80. The number of aliphatic hydroxyl groups is 2. The number of aliphatic hydroxyl groups excluding tert-OH is 2. The lowest BCUT2D eigenvalue weighted by molar-refractivity contribution is -0.113. The molecule has 0 aromatic heterocycles. The molecule has 0 saturated carbocycles. The fraction of sp³-hybridized carbons (Fsp3) is 1.00. The van der Waals surface area contributed by atoms with E-state index >= 15 is 0 Å². The largest absolute Gasteiger partial charge is 0.389 e. The SMILES string of the molecule is NC[C@H]1[C@H](O)[C@H](O)CN1O. The number of hydroxylamine groups is 2. The maximum atomic E-state index is 9.10. The van der Waals surface area contributed by atoms with Crippen molar-refractivity contribution < 1.29 is 15.4 Å². The average Bonchev–Trinajstić information content (AvgIpc) is 2.09. The van der Waals surface area contributed by atoms with E-state index in [4.69, 9.17) is 21.2 Å². The van der Waals surface area contributed by atoms with E-state index in [2.05, 4.69) is 0 Å². The highest BCUT2D eigenvalue weighted by Gasteiger charge is 2.38. The van der Waals surface area contributed by atoms with Crippen LogP contribution in [0.4, 0.5) is 0 Å². The zero-order chi connectivity index (χ0) is 7.72. The van der Waals surface area contributed by atoms with Gasteiger partial charge in [0.2, 0.25) is 0 Å². The molecular weight excluding hydrogens is 136 g/mol. The smallest absolute Gasteiger partial charge is 0.100 e. The monoisotopic (exact) mass is 148 g/mol. The molecule has 3 atom stereocenters. The molecule has 0 aliphatic carbocycles. The van der Waals surface area contributed by atoms with Crippen molar-refractivity contribution in [2.45, 2.75) is 18.2 Å².